The molecule has 0 aromatic heterocycles. The first-order chi connectivity index (χ1) is 10.1. The van der Waals surface area contributed by atoms with Gasteiger partial charge < -0.3 is 9.64 Å². The van der Waals surface area contributed by atoms with Gasteiger partial charge in [-0.3, -0.25) is 9.69 Å². The van der Waals surface area contributed by atoms with Crippen LogP contribution in [0.5, 0.6) is 5.75 Å². The lowest BCUT2D eigenvalue weighted by Crippen LogP contribution is -2.36. The smallest absolute Gasteiger partial charge is 0.327 e. The molecule has 1 aromatic rings. The number of rotatable bonds is 2. The van der Waals surface area contributed by atoms with E-state index in [0.717, 1.165) is 12.0 Å². The molecule has 3 amide bonds. The molecule has 2 aliphatic rings. The van der Waals surface area contributed by atoms with E-state index in [1.807, 2.05) is 13.0 Å². The Balaban J connectivity index is 1.99. The number of carbonyl (C=O) groups is 2. The van der Waals surface area contributed by atoms with Crippen molar-refractivity contribution < 1.29 is 14.3 Å². The zero-order chi connectivity index (χ0) is 15.0. The second-order valence-corrected chi connectivity index (χ2v) is 5.69. The summed E-state index contributed by atoms with van der Waals surface area (Å²) in [6, 6.07) is 4.89. The molecule has 1 saturated heterocycles. The molecule has 2 aliphatic heterocycles. The van der Waals surface area contributed by atoms with Crippen LogP contribution in [-0.4, -0.2) is 41.4 Å². The zero-order valence-electron chi connectivity index (χ0n) is 11.8. The van der Waals surface area contributed by atoms with E-state index in [2.05, 4.69) is 0 Å². The van der Waals surface area contributed by atoms with Crippen molar-refractivity contribution in [3.05, 3.63) is 28.8 Å². The lowest BCUT2D eigenvalue weighted by atomic mass is 10.0. The van der Waals surface area contributed by atoms with Gasteiger partial charge in [-0.15, -0.1) is 0 Å². The van der Waals surface area contributed by atoms with Gasteiger partial charge >= 0.3 is 6.03 Å². The normalized spacial score (nSPS) is 22.1. The summed E-state index contributed by atoms with van der Waals surface area (Å²) in [6.07, 6.45) is 1.50. The van der Waals surface area contributed by atoms with E-state index in [1.54, 1.807) is 17.0 Å². The summed E-state index contributed by atoms with van der Waals surface area (Å²) in [5.74, 6) is 0.523. The molecule has 0 radical (unpaired) electrons. The van der Waals surface area contributed by atoms with Gasteiger partial charge in [0, 0.05) is 17.1 Å². The molecule has 2 heterocycles. The number of likely N-dealkylation sites (N-methyl/N-ethyl adjacent to an activating group) is 1. The minimum Gasteiger partial charge on any atom is -0.493 e. The van der Waals surface area contributed by atoms with E-state index in [-0.39, 0.29) is 24.5 Å². The van der Waals surface area contributed by atoms with Crippen molar-refractivity contribution in [3.8, 4) is 5.75 Å². The maximum absolute atomic E-state index is 12.4. The number of carbonyl (C=O) groups excluding carboxylic acids is 2. The Hall–Kier alpha value is -1.75. The van der Waals surface area contributed by atoms with Crippen molar-refractivity contribution in [2.24, 2.45) is 0 Å². The van der Waals surface area contributed by atoms with E-state index in [9.17, 15) is 9.59 Å². The Morgan fingerprint density at radius 3 is 2.90 bits per heavy atom. The third-order valence-corrected chi connectivity index (χ3v) is 4.21. The molecular weight excluding hydrogens is 292 g/mol. The predicted molar refractivity (Wildman–Crippen MR) is 78.4 cm³/mol. The second-order valence-electron chi connectivity index (χ2n) is 5.25. The minimum atomic E-state index is -0.267. The van der Waals surface area contributed by atoms with Gasteiger partial charge in [0.05, 0.1) is 12.6 Å². The number of benzene rings is 1. The number of hydrogen-bond acceptors (Lipinski definition) is 3. The van der Waals surface area contributed by atoms with Crippen LogP contribution in [0.4, 0.5) is 4.79 Å². The zero-order valence-corrected chi connectivity index (χ0v) is 12.6. The summed E-state index contributed by atoms with van der Waals surface area (Å²) >= 11 is 6.00. The van der Waals surface area contributed by atoms with Gasteiger partial charge in [0.1, 0.15) is 12.3 Å². The average Bonchev–Trinajstić information content (AvgIpc) is 2.63. The molecule has 1 aromatic carbocycles. The van der Waals surface area contributed by atoms with Crippen molar-refractivity contribution >= 4 is 23.5 Å². The molecule has 0 bridgehead atoms. The molecule has 0 N–H and O–H groups in total. The van der Waals surface area contributed by atoms with Crippen LogP contribution in [0, 0.1) is 0 Å². The summed E-state index contributed by atoms with van der Waals surface area (Å²) in [7, 11) is 0. The predicted octanol–water partition coefficient (Wildman–Crippen LogP) is 2.84. The largest absolute Gasteiger partial charge is 0.493 e. The summed E-state index contributed by atoms with van der Waals surface area (Å²) in [4.78, 5) is 27.6. The van der Waals surface area contributed by atoms with E-state index in [1.165, 1.54) is 4.90 Å². The van der Waals surface area contributed by atoms with E-state index < -0.39 is 0 Å². The molecule has 21 heavy (non-hydrogen) atoms. The lowest BCUT2D eigenvalue weighted by molar-refractivity contribution is -0.127. The Morgan fingerprint density at radius 2 is 2.19 bits per heavy atom. The lowest BCUT2D eigenvalue weighted by Gasteiger charge is -2.26. The molecule has 3 rings (SSSR count). The third-order valence-electron chi connectivity index (χ3n) is 3.98. The Bertz CT molecular complexity index is 590. The van der Waals surface area contributed by atoms with Crippen LogP contribution in [0.25, 0.3) is 0 Å². The van der Waals surface area contributed by atoms with Crippen molar-refractivity contribution in [2.75, 3.05) is 19.7 Å². The molecule has 1 unspecified atom stereocenters. The third kappa shape index (κ3) is 2.46. The number of amides is 3. The molecule has 5 nitrogen and oxygen atoms in total. The molecule has 0 spiro atoms. The van der Waals surface area contributed by atoms with E-state index in [4.69, 9.17) is 16.3 Å². The number of fused-ring (bicyclic) bond motifs is 1. The van der Waals surface area contributed by atoms with Gasteiger partial charge in [0.15, 0.2) is 0 Å². The highest BCUT2D eigenvalue weighted by Crippen LogP contribution is 2.38. The van der Waals surface area contributed by atoms with Gasteiger partial charge in [-0.1, -0.05) is 17.7 Å². The van der Waals surface area contributed by atoms with Crippen LogP contribution in [0.3, 0.4) is 0 Å². The fourth-order valence-electron chi connectivity index (χ4n) is 2.91. The van der Waals surface area contributed by atoms with Crippen LogP contribution < -0.4 is 4.74 Å². The molecule has 0 aliphatic carbocycles. The van der Waals surface area contributed by atoms with Crippen LogP contribution in [0.15, 0.2) is 18.2 Å². The number of hydrogen-bond donors (Lipinski definition) is 0. The van der Waals surface area contributed by atoms with E-state index in [0.29, 0.717) is 30.3 Å². The van der Waals surface area contributed by atoms with Gasteiger partial charge in [-0.25, -0.2) is 4.79 Å². The van der Waals surface area contributed by atoms with Crippen molar-refractivity contribution in [3.63, 3.8) is 0 Å². The molecule has 1 atom stereocenters. The Labute approximate surface area is 128 Å². The van der Waals surface area contributed by atoms with Gasteiger partial charge in [0.2, 0.25) is 0 Å². The molecular formula is C15H17ClN2O3. The average molecular weight is 309 g/mol. The first kappa shape index (κ1) is 14.2. The second kappa shape index (κ2) is 5.56. The van der Waals surface area contributed by atoms with Gasteiger partial charge in [-0.05, 0) is 31.9 Å². The van der Waals surface area contributed by atoms with Crippen molar-refractivity contribution in [1.29, 1.82) is 0 Å². The van der Waals surface area contributed by atoms with Crippen molar-refractivity contribution in [2.45, 2.75) is 25.8 Å². The highest BCUT2D eigenvalue weighted by atomic mass is 35.5. The summed E-state index contributed by atoms with van der Waals surface area (Å²) in [5, 5.41) is 0.587. The fraction of sp³-hybridized carbons (Fsp3) is 0.467. The topological polar surface area (TPSA) is 49.9 Å². The van der Waals surface area contributed by atoms with Crippen LogP contribution in [0.2, 0.25) is 5.02 Å². The maximum atomic E-state index is 12.4. The summed E-state index contributed by atoms with van der Waals surface area (Å²) in [5.41, 5.74) is 0.858. The first-order valence-electron chi connectivity index (χ1n) is 7.15. The number of urea groups is 1. The monoisotopic (exact) mass is 308 g/mol. The van der Waals surface area contributed by atoms with Crippen LogP contribution in [0.1, 0.15) is 31.4 Å². The summed E-state index contributed by atoms with van der Waals surface area (Å²) < 4.78 is 5.70. The molecule has 6 heteroatoms. The highest BCUT2D eigenvalue weighted by Gasteiger charge is 2.41. The van der Waals surface area contributed by atoms with Crippen LogP contribution in [-0.2, 0) is 4.79 Å². The number of ether oxygens (including phenoxy) is 1. The summed E-state index contributed by atoms with van der Waals surface area (Å²) in [6.45, 7) is 3.14. The number of imide groups is 1. The quantitative estimate of drug-likeness (QED) is 0.789. The van der Waals surface area contributed by atoms with Gasteiger partial charge in [-0.2, -0.15) is 0 Å². The highest BCUT2D eigenvalue weighted by molar-refractivity contribution is 6.30. The maximum Gasteiger partial charge on any atom is 0.327 e. The molecule has 0 saturated carbocycles. The van der Waals surface area contributed by atoms with Crippen LogP contribution >= 0.6 is 11.6 Å². The number of halogens is 1. The molecule has 112 valence electrons. The Kier molecular flexibility index (Phi) is 3.76. The van der Waals surface area contributed by atoms with E-state index >= 15 is 0 Å². The van der Waals surface area contributed by atoms with Gasteiger partial charge in [0.25, 0.3) is 5.91 Å². The SMILES string of the molecule is CCN1CC(=O)N(C2CCCOc3cc(Cl)ccc32)C1=O. The van der Waals surface area contributed by atoms with Crippen molar-refractivity contribution in [1.82, 2.24) is 9.80 Å². The first-order valence-corrected chi connectivity index (χ1v) is 7.53. The Morgan fingerprint density at radius 1 is 1.38 bits per heavy atom. The number of nitrogens with zero attached hydrogens (tertiary/aromatic N) is 2. The molecule has 1 fully saturated rings. The minimum absolute atomic E-state index is 0.144. The standard InChI is InChI=1S/C15H17ClN2O3/c1-2-17-9-14(19)18(15(17)20)12-4-3-7-21-13-8-10(16)5-6-11(12)13/h5-6,8,12H,2-4,7,9H2,1H3. The fourth-order valence-corrected chi connectivity index (χ4v) is 3.07.